The smallest absolute Gasteiger partial charge is 0.307 e. The zero-order valence-corrected chi connectivity index (χ0v) is 9.26. The van der Waals surface area contributed by atoms with Crippen molar-refractivity contribution >= 4 is 33.5 Å². The van der Waals surface area contributed by atoms with Gasteiger partial charge < -0.3 is 5.11 Å². The Bertz CT molecular complexity index is 426. The van der Waals surface area contributed by atoms with Crippen LogP contribution in [0.2, 0.25) is 5.02 Å². The highest BCUT2D eigenvalue weighted by Gasteiger charge is 2.09. The number of carbonyl (C=O) groups is 1. The van der Waals surface area contributed by atoms with Crippen molar-refractivity contribution in [1.29, 1.82) is 5.26 Å². The van der Waals surface area contributed by atoms with Crippen molar-refractivity contribution in [3.05, 3.63) is 32.8 Å². The molecule has 0 spiro atoms. The first-order valence-corrected chi connectivity index (χ1v) is 4.81. The summed E-state index contributed by atoms with van der Waals surface area (Å²) in [6.07, 6.45) is -0.133. The predicted molar refractivity (Wildman–Crippen MR) is 55.2 cm³/mol. The number of nitrogens with zero attached hydrogens (tertiary/aromatic N) is 1. The molecule has 1 rings (SSSR count). The minimum absolute atomic E-state index is 0.133. The van der Waals surface area contributed by atoms with Gasteiger partial charge in [-0.2, -0.15) is 5.26 Å². The normalized spacial score (nSPS) is 9.50. The molecule has 0 saturated heterocycles. The van der Waals surface area contributed by atoms with Gasteiger partial charge in [0.2, 0.25) is 0 Å². The van der Waals surface area contributed by atoms with Gasteiger partial charge in [0.25, 0.3) is 0 Å². The average molecular weight is 275 g/mol. The maximum absolute atomic E-state index is 10.5. The Morgan fingerprint density at radius 3 is 2.79 bits per heavy atom. The van der Waals surface area contributed by atoms with Crippen LogP contribution in [0.4, 0.5) is 0 Å². The summed E-state index contributed by atoms with van der Waals surface area (Å²) in [7, 11) is 0. The first-order chi connectivity index (χ1) is 6.54. The molecule has 0 atom stereocenters. The highest BCUT2D eigenvalue weighted by atomic mass is 79.9. The number of aliphatic carboxylic acids is 1. The summed E-state index contributed by atoms with van der Waals surface area (Å²) < 4.78 is 0.601. The van der Waals surface area contributed by atoms with Crippen LogP contribution < -0.4 is 0 Å². The summed E-state index contributed by atoms with van der Waals surface area (Å²) in [4.78, 5) is 10.5. The first-order valence-electron chi connectivity index (χ1n) is 3.64. The lowest BCUT2D eigenvalue weighted by Gasteiger charge is -2.03. The molecule has 1 aromatic carbocycles. The van der Waals surface area contributed by atoms with Crippen LogP contribution in [-0.4, -0.2) is 11.1 Å². The van der Waals surface area contributed by atoms with Crippen molar-refractivity contribution in [2.75, 3.05) is 0 Å². The van der Waals surface area contributed by atoms with Crippen LogP contribution in [0.3, 0.4) is 0 Å². The Balaban J connectivity index is 3.19. The van der Waals surface area contributed by atoms with Crippen LogP contribution in [0.1, 0.15) is 11.1 Å². The molecule has 0 heterocycles. The van der Waals surface area contributed by atoms with Gasteiger partial charge in [-0.15, -0.1) is 0 Å². The van der Waals surface area contributed by atoms with Gasteiger partial charge in [-0.3, -0.25) is 4.79 Å². The van der Waals surface area contributed by atoms with Gasteiger partial charge in [0.1, 0.15) is 6.07 Å². The summed E-state index contributed by atoms with van der Waals surface area (Å²) in [5, 5.41) is 17.6. The number of carboxylic acids is 1. The summed E-state index contributed by atoms with van der Waals surface area (Å²) in [5.41, 5.74) is 0.824. The molecule has 0 aromatic heterocycles. The van der Waals surface area contributed by atoms with Gasteiger partial charge in [-0.1, -0.05) is 27.5 Å². The minimum Gasteiger partial charge on any atom is -0.481 e. The number of nitriles is 1. The number of carboxylic acid groups (broad SMARTS) is 1. The molecule has 72 valence electrons. The van der Waals surface area contributed by atoms with Crippen molar-refractivity contribution in [3.8, 4) is 6.07 Å². The molecule has 14 heavy (non-hydrogen) atoms. The maximum atomic E-state index is 10.5. The fourth-order valence-corrected chi connectivity index (χ4v) is 1.80. The molecule has 0 fully saturated rings. The van der Waals surface area contributed by atoms with Gasteiger partial charge in [0, 0.05) is 4.47 Å². The van der Waals surface area contributed by atoms with E-state index in [1.54, 1.807) is 0 Å². The lowest BCUT2D eigenvalue weighted by molar-refractivity contribution is -0.136. The van der Waals surface area contributed by atoms with E-state index in [2.05, 4.69) is 15.9 Å². The van der Waals surface area contributed by atoms with Crippen LogP contribution in [-0.2, 0) is 11.2 Å². The first kappa shape index (κ1) is 11.0. The van der Waals surface area contributed by atoms with E-state index in [0.29, 0.717) is 15.1 Å². The third-order valence-electron chi connectivity index (χ3n) is 1.60. The monoisotopic (exact) mass is 273 g/mol. The minimum atomic E-state index is -0.947. The van der Waals surface area contributed by atoms with E-state index in [1.807, 2.05) is 6.07 Å². The summed E-state index contributed by atoms with van der Waals surface area (Å²) in [6, 6.07) is 4.89. The molecule has 0 saturated carbocycles. The van der Waals surface area contributed by atoms with Crippen molar-refractivity contribution in [2.24, 2.45) is 0 Å². The predicted octanol–water partition coefficient (Wildman–Crippen LogP) is 2.60. The summed E-state index contributed by atoms with van der Waals surface area (Å²) in [5.74, 6) is -0.947. The zero-order chi connectivity index (χ0) is 10.7. The molecule has 1 N–H and O–H groups in total. The quantitative estimate of drug-likeness (QED) is 0.901. The standard InChI is InChI=1S/C9H5BrClNO2/c10-7-3-8(11)6(4-12)1-5(7)2-9(13)14/h1,3H,2H2,(H,13,14). The van der Waals surface area contributed by atoms with Crippen LogP contribution in [0.25, 0.3) is 0 Å². The number of hydrogen-bond acceptors (Lipinski definition) is 2. The van der Waals surface area contributed by atoms with Crippen molar-refractivity contribution in [1.82, 2.24) is 0 Å². The molecule has 0 unspecified atom stereocenters. The largest absolute Gasteiger partial charge is 0.481 e. The van der Waals surface area contributed by atoms with E-state index in [0.717, 1.165) is 0 Å². The van der Waals surface area contributed by atoms with Crippen molar-refractivity contribution in [2.45, 2.75) is 6.42 Å². The second-order valence-corrected chi connectivity index (χ2v) is 3.87. The molecule has 0 aliphatic rings. The lowest BCUT2D eigenvalue weighted by Crippen LogP contribution is -2.01. The molecule has 0 aliphatic carbocycles. The van der Waals surface area contributed by atoms with Gasteiger partial charge >= 0.3 is 5.97 Å². The third kappa shape index (κ3) is 2.47. The topological polar surface area (TPSA) is 61.1 Å². The van der Waals surface area contributed by atoms with Crippen LogP contribution in [0.15, 0.2) is 16.6 Å². The van der Waals surface area contributed by atoms with E-state index in [-0.39, 0.29) is 12.0 Å². The lowest BCUT2D eigenvalue weighted by atomic mass is 10.1. The summed E-state index contributed by atoms with van der Waals surface area (Å²) in [6.45, 7) is 0. The molecule has 0 amide bonds. The second-order valence-electron chi connectivity index (χ2n) is 2.61. The van der Waals surface area contributed by atoms with Gasteiger partial charge in [0.15, 0.2) is 0 Å². The second kappa shape index (κ2) is 4.45. The van der Waals surface area contributed by atoms with Crippen LogP contribution in [0, 0.1) is 11.3 Å². The van der Waals surface area contributed by atoms with Crippen LogP contribution >= 0.6 is 27.5 Å². The summed E-state index contributed by atoms with van der Waals surface area (Å²) >= 11 is 8.92. The molecule has 0 bridgehead atoms. The van der Waals surface area contributed by atoms with E-state index >= 15 is 0 Å². The Morgan fingerprint density at radius 1 is 1.64 bits per heavy atom. The highest BCUT2D eigenvalue weighted by molar-refractivity contribution is 9.10. The van der Waals surface area contributed by atoms with E-state index in [1.165, 1.54) is 12.1 Å². The van der Waals surface area contributed by atoms with Gasteiger partial charge in [0.05, 0.1) is 17.0 Å². The highest BCUT2D eigenvalue weighted by Crippen LogP contribution is 2.25. The number of hydrogen-bond donors (Lipinski definition) is 1. The molecule has 0 aliphatic heterocycles. The van der Waals surface area contributed by atoms with Crippen molar-refractivity contribution < 1.29 is 9.90 Å². The van der Waals surface area contributed by atoms with E-state index < -0.39 is 5.97 Å². The molecule has 1 aromatic rings. The fraction of sp³-hybridized carbons (Fsp3) is 0.111. The van der Waals surface area contributed by atoms with Crippen molar-refractivity contribution in [3.63, 3.8) is 0 Å². The third-order valence-corrected chi connectivity index (χ3v) is 2.65. The molecule has 0 radical (unpaired) electrons. The average Bonchev–Trinajstić information content (AvgIpc) is 2.09. The van der Waals surface area contributed by atoms with E-state index in [9.17, 15) is 4.79 Å². The van der Waals surface area contributed by atoms with Gasteiger partial charge in [-0.25, -0.2) is 0 Å². The maximum Gasteiger partial charge on any atom is 0.307 e. The Morgan fingerprint density at radius 2 is 2.29 bits per heavy atom. The van der Waals surface area contributed by atoms with E-state index in [4.69, 9.17) is 22.0 Å². The Hall–Kier alpha value is -1.05. The molecular weight excluding hydrogens is 269 g/mol. The Kier molecular flexibility index (Phi) is 3.50. The number of halogens is 2. The zero-order valence-electron chi connectivity index (χ0n) is 6.92. The van der Waals surface area contributed by atoms with Gasteiger partial charge in [-0.05, 0) is 17.7 Å². The number of benzene rings is 1. The molecule has 5 heteroatoms. The molecular formula is C9H5BrClNO2. The SMILES string of the molecule is N#Cc1cc(CC(=O)O)c(Br)cc1Cl. The number of rotatable bonds is 2. The molecule has 3 nitrogen and oxygen atoms in total. The van der Waals surface area contributed by atoms with Crippen LogP contribution in [0.5, 0.6) is 0 Å². The fourth-order valence-electron chi connectivity index (χ4n) is 0.978. The Labute approximate surface area is 94.0 Å².